The number of hydrogen-bond donors (Lipinski definition) is 1. The molecular formula is C8H11NO2Y-2. The minimum absolute atomic E-state index is 0. The van der Waals surface area contributed by atoms with E-state index in [0.29, 0.717) is 0 Å². The Morgan fingerprint density at radius 1 is 1.50 bits per heavy atom. The van der Waals surface area contributed by atoms with Crippen molar-refractivity contribution in [3.05, 3.63) is 42.7 Å². The van der Waals surface area contributed by atoms with Gasteiger partial charge in [0.2, 0.25) is 0 Å². The molecule has 1 rings (SSSR count). The maximum Gasteiger partial charge on any atom is 0.182 e. The van der Waals surface area contributed by atoms with Crippen molar-refractivity contribution >= 4 is 0 Å². The van der Waals surface area contributed by atoms with Gasteiger partial charge in [0.1, 0.15) is 5.75 Å². The van der Waals surface area contributed by atoms with Gasteiger partial charge in [0.25, 0.3) is 0 Å². The molecule has 3 nitrogen and oxygen atoms in total. The van der Waals surface area contributed by atoms with E-state index in [2.05, 4.69) is 14.0 Å². The van der Waals surface area contributed by atoms with Crippen LogP contribution >= 0.6 is 0 Å². The summed E-state index contributed by atoms with van der Waals surface area (Å²) in [6.07, 6.45) is 1.47. The molecule has 1 aromatic rings. The Morgan fingerprint density at radius 3 is 2.33 bits per heavy atom. The maximum absolute atomic E-state index is 10.6. The average Bonchev–Trinajstić information content (AvgIpc) is 2.04. The Balaban J connectivity index is 0. The van der Waals surface area contributed by atoms with Gasteiger partial charge < -0.3 is 21.4 Å². The van der Waals surface area contributed by atoms with Crippen LogP contribution in [0.5, 0.6) is 5.75 Å². The first-order valence-electron chi connectivity index (χ1n) is 3.14. The van der Waals surface area contributed by atoms with Gasteiger partial charge in [-0.2, -0.15) is 6.92 Å². The molecule has 4 heteroatoms. The Bertz CT molecular complexity index is 247. The van der Waals surface area contributed by atoms with Gasteiger partial charge in [-0.15, -0.1) is 7.05 Å². The van der Waals surface area contributed by atoms with Crippen LogP contribution in [-0.4, -0.2) is 9.67 Å². The number of rotatable bonds is 0. The molecule has 0 aliphatic carbocycles. The summed E-state index contributed by atoms with van der Waals surface area (Å²) in [7, 11) is 3.33. The van der Waals surface area contributed by atoms with Gasteiger partial charge in [-0.05, 0) is 6.07 Å². The molecule has 0 aromatic carbocycles. The Hall–Kier alpha value is -0.276. The van der Waals surface area contributed by atoms with Crippen LogP contribution in [0.25, 0.3) is 0 Å². The van der Waals surface area contributed by atoms with E-state index in [-0.39, 0.29) is 38.5 Å². The fourth-order valence-corrected chi connectivity index (χ4v) is 0.524. The molecule has 0 unspecified atom stereocenters. The molecular weight excluding hydrogens is 231 g/mol. The standard InChI is InChI=1S/C6H6NO2.C2H5.Y/c1-7-4-2-3-5(8)6(7)9;1-2;/h2-4,8H,1H2;1H2,2H3;/q2*-1;. The normalized spacial score (nSPS) is 7.50. The molecule has 0 atom stereocenters. The van der Waals surface area contributed by atoms with Crippen molar-refractivity contribution < 1.29 is 37.8 Å². The van der Waals surface area contributed by atoms with E-state index in [9.17, 15) is 4.79 Å². The first-order chi connectivity index (χ1) is 5.22. The third-order valence-electron chi connectivity index (χ3n) is 1.00. The number of nitrogens with zero attached hydrogens (tertiary/aromatic N) is 1. The van der Waals surface area contributed by atoms with Gasteiger partial charge in [-0.1, -0.05) is 12.3 Å². The van der Waals surface area contributed by atoms with Gasteiger partial charge in [0.15, 0.2) is 5.56 Å². The third-order valence-corrected chi connectivity index (χ3v) is 1.00. The summed E-state index contributed by atoms with van der Waals surface area (Å²) in [5, 5.41) is 8.73. The topological polar surface area (TPSA) is 42.2 Å². The molecule has 0 aliphatic rings. The van der Waals surface area contributed by atoms with Gasteiger partial charge in [-0.25, -0.2) is 0 Å². The summed E-state index contributed by atoms with van der Waals surface area (Å²) in [6.45, 7) is 5.00. The second-order valence-corrected chi connectivity index (χ2v) is 1.67. The fraction of sp³-hybridized carbons (Fsp3) is 0.125. The number of hydrogen-bond acceptors (Lipinski definition) is 2. The monoisotopic (exact) mass is 242 g/mol. The van der Waals surface area contributed by atoms with E-state index in [4.69, 9.17) is 5.11 Å². The fourth-order valence-electron chi connectivity index (χ4n) is 0.524. The minimum atomic E-state index is -0.475. The smallest absolute Gasteiger partial charge is 0.182 e. The van der Waals surface area contributed by atoms with Crippen LogP contribution in [0, 0.1) is 14.0 Å². The van der Waals surface area contributed by atoms with E-state index in [0.717, 1.165) is 4.57 Å². The maximum atomic E-state index is 10.6. The zero-order chi connectivity index (χ0) is 8.85. The van der Waals surface area contributed by atoms with Crippen molar-refractivity contribution in [2.24, 2.45) is 0 Å². The van der Waals surface area contributed by atoms with Crippen molar-refractivity contribution in [3.8, 4) is 5.75 Å². The molecule has 1 N–H and O–H groups in total. The largest absolute Gasteiger partial charge is 0.515 e. The summed E-state index contributed by atoms with van der Waals surface area (Å²) in [5.41, 5.74) is -0.475. The number of aromatic hydroxyl groups is 1. The molecule has 65 valence electrons. The van der Waals surface area contributed by atoms with Crippen LogP contribution in [0.3, 0.4) is 0 Å². The van der Waals surface area contributed by atoms with Crippen molar-refractivity contribution in [1.29, 1.82) is 0 Å². The Kier molecular flexibility index (Phi) is 8.77. The van der Waals surface area contributed by atoms with Gasteiger partial charge in [0, 0.05) is 32.7 Å². The zero-order valence-electron chi connectivity index (χ0n) is 7.03. The molecule has 1 radical (unpaired) electrons. The van der Waals surface area contributed by atoms with Crippen molar-refractivity contribution in [1.82, 2.24) is 4.57 Å². The van der Waals surface area contributed by atoms with Gasteiger partial charge in [-0.3, -0.25) is 0 Å². The summed E-state index contributed by atoms with van der Waals surface area (Å²) in [4.78, 5) is 10.6. The van der Waals surface area contributed by atoms with Crippen molar-refractivity contribution in [3.63, 3.8) is 0 Å². The molecule has 0 aliphatic heterocycles. The average molecular weight is 242 g/mol. The molecule has 0 spiro atoms. The van der Waals surface area contributed by atoms with E-state index in [1.807, 2.05) is 0 Å². The van der Waals surface area contributed by atoms with E-state index in [1.165, 1.54) is 12.3 Å². The van der Waals surface area contributed by atoms with E-state index >= 15 is 0 Å². The Labute approximate surface area is 97.3 Å². The number of pyridine rings is 1. The van der Waals surface area contributed by atoms with E-state index in [1.54, 1.807) is 13.0 Å². The summed E-state index contributed by atoms with van der Waals surface area (Å²) in [5.74, 6) is -0.271. The number of aromatic nitrogens is 1. The molecule has 0 amide bonds. The molecule has 1 heterocycles. The van der Waals surface area contributed by atoms with Crippen LogP contribution in [0.2, 0.25) is 0 Å². The first kappa shape index (κ1) is 14.3. The molecule has 0 saturated heterocycles. The zero-order valence-corrected chi connectivity index (χ0v) is 9.86. The van der Waals surface area contributed by atoms with Crippen LogP contribution in [-0.2, 0) is 32.7 Å². The minimum Gasteiger partial charge on any atom is -0.515 e. The van der Waals surface area contributed by atoms with Crippen molar-refractivity contribution in [2.45, 2.75) is 6.92 Å². The van der Waals surface area contributed by atoms with Crippen LogP contribution in [0.1, 0.15) is 6.92 Å². The molecule has 0 bridgehead atoms. The van der Waals surface area contributed by atoms with Gasteiger partial charge in [0.05, 0.1) is 0 Å². The SMILES string of the molecule is [CH2-]C.[CH2-]n1cccc(O)c1=O.[Y]. The molecule has 0 saturated carbocycles. The van der Waals surface area contributed by atoms with Crippen molar-refractivity contribution in [2.75, 3.05) is 0 Å². The Morgan fingerprint density at radius 2 is 2.00 bits per heavy atom. The quantitative estimate of drug-likeness (QED) is 0.690. The first-order valence-corrected chi connectivity index (χ1v) is 3.14. The van der Waals surface area contributed by atoms with Gasteiger partial charge >= 0.3 is 0 Å². The van der Waals surface area contributed by atoms with Crippen LogP contribution in [0.15, 0.2) is 23.1 Å². The predicted octanol–water partition coefficient (Wildman–Crippen LogP) is 1.03. The van der Waals surface area contributed by atoms with Crippen LogP contribution < -0.4 is 5.56 Å². The second kappa shape index (κ2) is 7.38. The summed E-state index contributed by atoms with van der Waals surface area (Å²) < 4.78 is 1.06. The molecule has 12 heavy (non-hydrogen) atoms. The van der Waals surface area contributed by atoms with Crippen LogP contribution in [0.4, 0.5) is 0 Å². The summed E-state index contributed by atoms with van der Waals surface area (Å²) in [6, 6.07) is 2.87. The molecule has 1 aromatic heterocycles. The second-order valence-electron chi connectivity index (χ2n) is 1.67. The van der Waals surface area contributed by atoms with E-state index < -0.39 is 5.56 Å². The summed E-state index contributed by atoms with van der Waals surface area (Å²) >= 11 is 0. The molecule has 0 fully saturated rings. The predicted molar refractivity (Wildman–Crippen MR) is 44.2 cm³/mol. The third kappa shape index (κ3) is 3.93.